The fourth-order valence-corrected chi connectivity index (χ4v) is 2.63. The molecule has 0 aromatic carbocycles. The number of hydrogen-bond donors (Lipinski definition) is 1. The van der Waals surface area contributed by atoms with E-state index in [0.717, 1.165) is 12.8 Å². The molecule has 1 aliphatic heterocycles. The van der Waals surface area contributed by atoms with Gasteiger partial charge in [0.1, 0.15) is 6.07 Å². The Morgan fingerprint density at radius 3 is 2.77 bits per heavy atom. The summed E-state index contributed by atoms with van der Waals surface area (Å²) in [5, 5.41) is 9.11. The van der Waals surface area contributed by atoms with Crippen molar-refractivity contribution in [1.29, 1.82) is 5.26 Å². The van der Waals surface area contributed by atoms with E-state index in [-0.39, 0.29) is 18.2 Å². The molecule has 0 atom stereocenters. The number of aromatic nitrogens is 1. The first-order valence-corrected chi connectivity index (χ1v) is 7.37. The van der Waals surface area contributed by atoms with Gasteiger partial charge in [-0.3, -0.25) is 0 Å². The Morgan fingerprint density at radius 1 is 1.55 bits per heavy atom. The summed E-state index contributed by atoms with van der Waals surface area (Å²) in [4.78, 5) is 17.7. The van der Waals surface area contributed by atoms with Gasteiger partial charge in [-0.25, -0.2) is 9.79 Å². The lowest BCUT2D eigenvalue weighted by Crippen LogP contribution is -2.40. The number of aliphatic imine (C=N–C) groups is 1. The van der Waals surface area contributed by atoms with E-state index in [1.165, 1.54) is 6.34 Å². The Balaban J connectivity index is 2.05. The van der Waals surface area contributed by atoms with E-state index >= 15 is 0 Å². The molecule has 2 rings (SSSR count). The molecular weight excluding hydrogens is 282 g/mol. The summed E-state index contributed by atoms with van der Waals surface area (Å²) in [6, 6.07) is 4.05. The van der Waals surface area contributed by atoms with E-state index in [1.54, 1.807) is 11.0 Å². The van der Waals surface area contributed by atoms with Gasteiger partial charge in [0, 0.05) is 25.3 Å². The van der Waals surface area contributed by atoms with Crippen LogP contribution in [0.25, 0.3) is 0 Å². The van der Waals surface area contributed by atoms with Crippen molar-refractivity contribution in [3.8, 4) is 6.07 Å². The second-order valence-electron chi connectivity index (χ2n) is 5.50. The van der Waals surface area contributed by atoms with Gasteiger partial charge in [0.25, 0.3) is 0 Å². The zero-order chi connectivity index (χ0) is 16.1. The number of carbonyl (C=O) groups is 1. The molecule has 1 aliphatic rings. The average Bonchev–Trinajstić information content (AvgIpc) is 2.90. The van der Waals surface area contributed by atoms with Crippen molar-refractivity contribution < 1.29 is 9.53 Å². The third-order valence-electron chi connectivity index (χ3n) is 3.66. The number of ether oxygens (including phenoxy) is 1. The molecule has 118 valence electrons. The van der Waals surface area contributed by atoms with Crippen molar-refractivity contribution in [1.82, 2.24) is 9.47 Å². The number of likely N-dealkylation sites (tertiary alicyclic amines) is 1. The minimum atomic E-state index is -0.265. The van der Waals surface area contributed by atoms with Gasteiger partial charge in [0.2, 0.25) is 0 Å². The predicted octanol–water partition coefficient (Wildman–Crippen LogP) is 2.16. The van der Waals surface area contributed by atoms with E-state index in [2.05, 4.69) is 11.1 Å². The second kappa shape index (κ2) is 6.98. The third kappa shape index (κ3) is 3.39. The number of rotatable bonds is 3. The minimum absolute atomic E-state index is 0.113. The highest BCUT2D eigenvalue weighted by Crippen LogP contribution is 2.30. The van der Waals surface area contributed by atoms with Gasteiger partial charge in [-0.05, 0) is 32.8 Å². The van der Waals surface area contributed by atoms with E-state index in [4.69, 9.17) is 15.7 Å². The molecule has 0 unspecified atom stereocenters. The van der Waals surface area contributed by atoms with Crippen molar-refractivity contribution in [3.63, 3.8) is 0 Å². The van der Waals surface area contributed by atoms with Crippen molar-refractivity contribution in [2.75, 3.05) is 13.1 Å². The molecule has 7 nitrogen and oxygen atoms in total. The molecule has 22 heavy (non-hydrogen) atoms. The maximum atomic E-state index is 11.9. The average molecular weight is 303 g/mol. The van der Waals surface area contributed by atoms with E-state index < -0.39 is 0 Å². The van der Waals surface area contributed by atoms with Crippen LogP contribution in [0.15, 0.2) is 17.3 Å². The predicted molar refractivity (Wildman–Crippen MR) is 82.9 cm³/mol. The molecule has 7 heteroatoms. The van der Waals surface area contributed by atoms with Gasteiger partial charge in [-0.2, -0.15) is 5.26 Å². The lowest BCUT2D eigenvalue weighted by atomic mass is 10.1. The van der Waals surface area contributed by atoms with Crippen molar-refractivity contribution in [2.45, 2.75) is 38.8 Å². The van der Waals surface area contributed by atoms with Crippen LogP contribution in [-0.4, -0.2) is 41.1 Å². The summed E-state index contributed by atoms with van der Waals surface area (Å²) in [6.07, 6.45) is 4.26. The first kappa shape index (κ1) is 15.9. The second-order valence-corrected chi connectivity index (χ2v) is 5.50. The van der Waals surface area contributed by atoms with Crippen LogP contribution >= 0.6 is 0 Å². The first-order valence-electron chi connectivity index (χ1n) is 7.37. The first-order chi connectivity index (χ1) is 10.6. The number of nitriles is 1. The quantitative estimate of drug-likeness (QED) is 0.683. The highest BCUT2D eigenvalue weighted by Gasteiger charge is 2.26. The number of piperidine rings is 1. The number of hydrogen-bond acceptors (Lipinski definition) is 4. The van der Waals surface area contributed by atoms with Crippen LogP contribution in [0.5, 0.6) is 0 Å². The highest BCUT2D eigenvalue weighted by molar-refractivity contribution is 5.68. The van der Waals surface area contributed by atoms with Gasteiger partial charge >= 0.3 is 6.09 Å². The number of nitrogens with zero attached hydrogens (tertiary/aromatic N) is 4. The maximum Gasteiger partial charge on any atom is 0.410 e. The number of nitrogens with two attached hydrogens (primary N) is 1. The van der Waals surface area contributed by atoms with Crippen LogP contribution < -0.4 is 5.73 Å². The molecule has 1 aromatic heterocycles. The number of amides is 1. The standard InChI is InChI=1S/C15H21N5O2/c1-11(2)22-15(21)19-6-4-13(5-7-19)20-8-3-12(9-16)14(20)18-10-17/h3,8,10-11,13H,4-7H2,1-2H3,(H2,17,18). The summed E-state index contributed by atoms with van der Waals surface area (Å²) in [5.41, 5.74) is 5.87. The summed E-state index contributed by atoms with van der Waals surface area (Å²) in [7, 11) is 0. The normalized spacial score (nSPS) is 16.2. The number of carbonyl (C=O) groups excluding carboxylic acids is 1. The molecule has 2 heterocycles. The molecule has 0 spiro atoms. The van der Waals surface area contributed by atoms with E-state index in [1.807, 2.05) is 24.6 Å². The zero-order valence-corrected chi connectivity index (χ0v) is 12.9. The molecule has 1 fully saturated rings. The SMILES string of the molecule is CC(C)OC(=O)N1CCC(n2ccc(C#N)c2/N=C/N)CC1. The van der Waals surface area contributed by atoms with E-state index in [0.29, 0.717) is 24.5 Å². The molecular formula is C15H21N5O2. The molecule has 0 saturated carbocycles. The Bertz CT molecular complexity index is 592. The smallest absolute Gasteiger partial charge is 0.410 e. The molecule has 2 N–H and O–H groups in total. The lowest BCUT2D eigenvalue weighted by molar-refractivity contribution is 0.0662. The monoisotopic (exact) mass is 303 g/mol. The van der Waals surface area contributed by atoms with Gasteiger partial charge < -0.3 is 19.9 Å². The molecule has 1 saturated heterocycles. The van der Waals surface area contributed by atoms with Crippen LogP contribution in [0.2, 0.25) is 0 Å². The summed E-state index contributed by atoms with van der Waals surface area (Å²) in [5.74, 6) is 0.577. The molecule has 1 aromatic rings. The van der Waals surface area contributed by atoms with E-state index in [9.17, 15) is 4.79 Å². The summed E-state index contributed by atoms with van der Waals surface area (Å²) < 4.78 is 7.18. The maximum absolute atomic E-state index is 11.9. The van der Waals surface area contributed by atoms with Crippen LogP contribution in [0.3, 0.4) is 0 Å². The summed E-state index contributed by atoms with van der Waals surface area (Å²) >= 11 is 0. The topological polar surface area (TPSA) is 96.6 Å². The fraction of sp³-hybridized carbons (Fsp3) is 0.533. The summed E-state index contributed by atoms with van der Waals surface area (Å²) in [6.45, 7) is 4.93. The van der Waals surface area contributed by atoms with Crippen LogP contribution in [0.4, 0.5) is 10.6 Å². The molecule has 1 amide bonds. The van der Waals surface area contributed by atoms with Gasteiger partial charge in [-0.15, -0.1) is 0 Å². The van der Waals surface area contributed by atoms with Gasteiger partial charge in [0.15, 0.2) is 5.82 Å². The lowest BCUT2D eigenvalue weighted by Gasteiger charge is -2.33. The zero-order valence-electron chi connectivity index (χ0n) is 12.9. The van der Waals surface area contributed by atoms with Crippen molar-refractivity contribution in [3.05, 3.63) is 17.8 Å². The molecule has 0 bridgehead atoms. The Morgan fingerprint density at radius 2 is 2.23 bits per heavy atom. The van der Waals surface area contributed by atoms with Gasteiger partial charge in [-0.1, -0.05) is 0 Å². The van der Waals surface area contributed by atoms with Crippen molar-refractivity contribution >= 4 is 18.2 Å². The third-order valence-corrected chi connectivity index (χ3v) is 3.66. The fourth-order valence-electron chi connectivity index (χ4n) is 2.63. The Kier molecular flexibility index (Phi) is 5.04. The highest BCUT2D eigenvalue weighted by atomic mass is 16.6. The van der Waals surface area contributed by atoms with Crippen LogP contribution in [-0.2, 0) is 4.74 Å². The largest absolute Gasteiger partial charge is 0.447 e. The Labute approximate surface area is 130 Å². The Hall–Kier alpha value is -2.49. The minimum Gasteiger partial charge on any atom is -0.447 e. The molecule has 0 aliphatic carbocycles. The van der Waals surface area contributed by atoms with Crippen molar-refractivity contribution in [2.24, 2.45) is 10.7 Å². The van der Waals surface area contributed by atoms with Crippen LogP contribution in [0, 0.1) is 11.3 Å². The van der Waals surface area contributed by atoms with Crippen LogP contribution in [0.1, 0.15) is 38.3 Å². The molecule has 0 radical (unpaired) electrons. The van der Waals surface area contributed by atoms with Gasteiger partial charge in [0.05, 0.1) is 18.0 Å².